The summed E-state index contributed by atoms with van der Waals surface area (Å²) in [5.41, 5.74) is 7.91. The van der Waals surface area contributed by atoms with Crippen molar-refractivity contribution in [1.29, 1.82) is 5.41 Å². The fourth-order valence-electron chi connectivity index (χ4n) is 2.89. The number of hydrogen-bond donors (Lipinski definition) is 3. The highest BCUT2D eigenvalue weighted by atomic mass is 19.1. The lowest BCUT2D eigenvalue weighted by atomic mass is 9.98. The van der Waals surface area contributed by atoms with Gasteiger partial charge in [0.15, 0.2) is 0 Å². The summed E-state index contributed by atoms with van der Waals surface area (Å²) in [6, 6.07) is 14.2. The van der Waals surface area contributed by atoms with Gasteiger partial charge in [0.05, 0.1) is 12.8 Å². The van der Waals surface area contributed by atoms with E-state index in [0.29, 0.717) is 22.4 Å². The number of carbonyl (C=O) groups excluding carboxylic acids is 1. The van der Waals surface area contributed by atoms with Crippen LogP contribution in [-0.2, 0) is 6.54 Å². The second-order valence-corrected chi connectivity index (χ2v) is 6.33. The van der Waals surface area contributed by atoms with Crippen molar-refractivity contribution in [3.05, 3.63) is 94.6 Å². The zero-order valence-electron chi connectivity index (χ0n) is 15.6. The highest BCUT2D eigenvalue weighted by Gasteiger charge is 2.15. The lowest BCUT2D eigenvalue weighted by Gasteiger charge is -2.15. The van der Waals surface area contributed by atoms with Crippen LogP contribution >= 0.6 is 0 Å². The molecule has 0 bridgehead atoms. The van der Waals surface area contributed by atoms with Gasteiger partial charge in [-0.3, -0.25) is 10.2 Å². The molecule has 0 spiro atoms. The third-order valence-corrected chi connectivity index (χ3v) is 4.36. The van der Waals surface area contributed by atoms with E-state index in [1.165, 1.54) is 43.5 Å². The number of amides is 1. The fourth-order valence-corrected chi connectivity index (χ4v) is 2.89. The summed E-state index contributed by atoms with van der Waals surface area (Å²) in [7, 11) is 1.46. The fraction of sp³-hybridized carbons (Fsp3) is 0.0909. The van der Waals surface area contributed by atoms with Crippen LogP contribution in [0.1, 0.15) is 27.0 Å². The van der Waals surface area contributed by atoms with Crippen LogP contribution in [0, 0.1) is 17.0 Å². The molecule has 4 N–H and O–H groups in total. The van der Waals surface area contributed by atoms with E-state index in [1.54, 1.807) is 18.2 Å². The van der Waals surface area contributed by atoms with Crippen LogP contribution in [0.2, 0.25) is 0 Å². The Balaban J connectivity index is 1.87. The van der Waals surface area contributed by atoms with Crippen LogP contribution in [0.5, 0.6) is 5.75 Å². The van der Waals surface area contributed by atoms with Gasteiger partial charge in [-0.15, -0.1) is 0 Å². The van der Waals surface area contributed by atoms with E-state index in [0.717, 1.165) is 6.07 Å². The molecule has 0 heterocycles. The van der Waals surface area contributed by atoms with Crippen molar-refractivity contribution in [2.45, 2.75) is 6.54 Å². The van der Waals surface area contributed by atoms with Crippen LogP contribution in [-0.4, -0.2) is 18.7 Å². The second-order valence-electron chi connectivity index (χ2n) is 6.33. The maximum atomic E-state index is 13.5. The number of methoxy groups -OCH3 is 1. The smallest absolute Gasteiger partial charge is 0.251 e. The van der Waals surface area contributed by atoms with Crippen molar-refractivity contribution in [1.82, 2.24) is 5.32 Å². The molecule has 0 atom stereocenters. The van der Waals surface area contributed by atoms with E-state index in [9.17, 15) is 13.6 Å². The topological polar surface area (TPSA) is 88.2 Å². The highest BCUT2D eigenvalue weighted by molar-refractivity contribution is 6.14. The maximum absolute atomic E-state index is 13.5. The highest BCUT2D eigenvalue weighted by Crippen LogP contribution is 2.27. The predicted molar refractivity (Wildman–Crippen MR) is 107 cm³/mol. The summed E-state index contributed by atoms with van der Waals surface area (Å²) in [5.74, 6) is -0.988. The van der Waals surface area contributed by atoms with E-state index >= 15 is 0 Å². The Morgan fingerprint density at radius 2 is 1.66 bits per heavy atom. The van der Waals surface area contributed by atoms with Crippen LogP contribution in [0.3, 0.4) is 0 Å². The predicted octanol–water partition coefficient (Wildman–Crippen LogP) is 3.90. The van der Waals surface area contributed by atoms with Gasteiger partial charge in [0, 0.05) is 40.6 Å². The summed E-state index contributed by atoms with van der Waals surface area (Å²) in [4.78, 5) is 12.3. The quantitative estimate of drug-likeness (QED) is 0.437. The number of nitrogens with one attached hydrogen (secondary N) is 2. The average molecular weight is 395 g/mol. The molecule has 0 aliphatic heterocycles. The van der Waals surface area contributed by atoms with E-state index in [2.05, 4.69) is 5.32 Å². The van der Waals surface area contributed by atoms with Crippen LogP contribution in [0.15, 0.2) is 60.7 Å². The number of nitrogens with two attached hydrogens (primary N) is 1. The van der Waals surface area contributed by atoms with Crippen LogP contribution in [0.4, 0.5) is 14.5 Å². The summed E-state index contributed by atoms with van der Waals surface area (Å²) < 4.78 is 32.2. The summed E-state index contributed by atoms with van der Waals surface area (Å²) in [6.45, 7) is 0.0717. The molecular weight excluding hydrogens is 376 g/mol. The molecule has 0 aromatic heterocycles. The van der Waals surface area contributed by atoms with Crippen molar-refractivity contribution in [2.75, 3.05) is 12.8 Å². The van der Waals surface area contributed by atoms with Crippen molar-refractivity contribution >= 4 is 17.3 Å². The van der Waals surface area contributed by atoms with Gasteiger partial charge in [0.25, 0.3) is 5.91 Å². The van der Waals surface area contributed by atoms with Crippen molar-refractivity contribution in [2.24, 2.45) is 0 Å². The minimum absolute atomic E-state index is 0.0439. The normalized spacial score (nSPS) is 10.4. The molecule has 0 fully saturated rings. The van der Waals surface area contributed by atoms with Crippen LogP contribution < -0.4 is 15.8 Å². The number of carbonyl (C=O) groups is 1. The van der Waals surface area contributed by atoms with Gasteiger partial charge in [-0.1, -0.05) is 18.2 Å². The zero-order valence-corrected chi connectivity index (χ0v) is 15.6. The molecule has 7 heteroatoms. The van der Waals surface area contributed by atoms with Gasteiger partial charge >= 0.3 is 0 Å². The second kappa shape index (κ2) is 8.52. The molecule has 3 aromatic carbocycles. The number of nitrogen functional groups attached to an aromatic ring is 1. The summed E-state index contributed by atoms with van der Waals surface area (Å²) in [5, 5.41) is 11.1. The molecule has 148 valence electrons. The molecular formula is C22H19F2N3O2. The first-order chi connectivity index (χ1) is 13.9. The molecule has 0 radical (unpaired) electrons. The molecule has 0 aliphatic rings. The number of benzene rings is 3. The Morgan fingerprint density at radius 3 is 2.28 bits per heavy atom. The Labute approximate surface area is 166 Å². The first kappa shape index (κ1) is 20.0. The minimum Gasteiger partial charge on any atom is -0.496 e. The molecule has 0 aliphatic carbocycles. The molecule has 0 saturated heterocycles. The zero-order chi connectivity index (χ0) is 21.0. The van der Waals surface area contributed by atoms with Crippen molar-refractivity contribution in [3.8, 4) is 5.75 Å². The largest absolute Gasteiger partial charge is 0.496 e. The Bertz CT molecular complexity index is 1080. The van der Waals surface area contributed by atoms with Gasteiger partial charge in [-0.2, -0.15) is 0 Å². The number of halogens is 2. The van der Waals surface area contributed by atoms with Crippen LogP contribution in [0.25, 0.3) is 0 Å². The van der Waals surface area contributed by atoms with E-state index < -0.39 is 17.5 Å². The summed E-state index contributed by atoms with van der Waals surface area (Å²) >= 11 is 0. The lowest BCUT2D eigenvalue weighted by molar-refractivity contribution is 0.0950. The Kier molecular flexibility index (Phi) is 5.87. The minimum atomic E-state index is -0.506. The molecule has 0 saturated carbocycles. The maximum Gasteiger partial charge on any atom is 0.251 e. The molecule has 29 heavy (non-hydrogen) atoms. The first-order valence-corrected chi connectivity index (χ1v) is 8.74. The van der Waals surface area contributed by atoms with Crippen molar-refractivity contribution in [3.63, 3.8) is 0 Å². The van der Waals surface area contributed by atoms with Crippen molar-refractivity contribution < 1.29 is 18.3 Å². The number of ether oxygens (including phenoxy) is 1. The third-order valence-electron chi connectivity index (χ3n) is 4.36. The monoisotopic (exact) mass is 395 g/mol. The average Bonchev–Trinajstić information content (AvgIpc) is 2.71. The standard InChI is InChI=1S/C22H19F2N3O2/c1-29-20-11-19(25)18(21(26)13-4-2-6-16(23)8-13)10-15(20)12-27-22(28)14-5-3-7-17(24)9-14/h2-11,26H,12,25H2,1H3,(H,27,28). The Morgan fingerprint density at radius 1 is 1.03 bits per heavy atom. The van der Waals surface area contributed by atoms with Gasteiger partial charge < -0.3 is 15.8 Å². The Hall–Kier alpha value is -3.74. The number of rotatable bonds is 6. The molecule has 5 nitrogen and oxygen atoms in total. The molecule has 1 amide bonds. The van der Waals surface area contributed by atoms with Gasteiger partial charge in [-0.05, 0) is 36.4 Å². The number of hydrogen-bond acceptors (Lipinski definition) is 4. The molecule has 3 aromatic rings. The third kappa shape index (κ3) is 4.57. The van der Waals surface area contributed by atoms with Gasteiger partial charge in [0.1, 0.15) is 17.4 Å². The van der Waals surface area contributed by atoms with E-state index in [1.807, 2.05) is 0 Å². The molecule has 0 unspecified atom stereocenters. The van der Waals surface area contributed by atoms with Gasteiger partial charge in [0.2, 0.25) is 0 Å². The summed E-state index contributed by atoms with van der Waals surface area (Å²) in [6.07, 6.45) is 0. The van der Waals surface area contributed by atoms with E-state index in [4.69, 9.17) is 15.9 Å². The number of anilines is 1. The van der Waals surface area contributed by atoms with Gasteiger partial charge in [-0.25, -0.2) is 8.78 Å². The lowest BCUT2D eigenvalue weighted by Crippen LogP contribution is -2.23. The van der Waals surface area contributed by atoms with E-state index in [-0.39, 0.29) is 23.5 Å². The SMILES string of the molecule is COc1cc(N)c(C(=N)c2cccc(F)c2)cc1CNC(=O)c1cccc(F)c1. The first-order valence-electron chi connectivity index (χ1n) is 8.74. The molecule has 3 rings (SSSR count).